The second-order valence-electron chi connectivity index (χ2n) is 5.05. The Labute approximate surface area is 115 Å². The Hall–Kier alpha value is -1.36. The smallest absolute Gasteiger partial charge is 0.149 e. The molecule has 106 valence electrons. The normalized spacial score (nSPS) is 23.4. The largest absolute Gasteiger partial charge is 0.375 e. The molecule has 5 nitrogen and oxygen atoms in total. The number of rotatable bonds is 5. The van der Waals surface area contributed by atoms with Crippen molar-refractivity contribution in [1.29, 1.82) is 0 Å². The third-order valence-electron chi connectivity index (χ3n) is 3.41. The van der Waals surface area contributed by atoms with Crippen molar-refractivity contribution in [2.75, 3.05) is 29.9 Å². The standard InChI is InChI=1S/C14H24N4O/c1-4-6-16-13-7-15-8-14(17-13)18-9-11(3)19-10-12(18)5-2/h7-8,11-12H,4-6,9-10H2,1-3H3,(H,16,17). The van der Waals surface area contributed by atoms with E-state index in [1.165, 1.54) is 0 Å². The lowest BCUT2D eigenvalue weighted by atomic mass is 10.1. The maximum atomic E-state index is 5.72. The number of ether oxygens (including phenoxy) is 1. The highest BCUT2D eigenvalue weighted by atomic mass is 16.5. The van der Waals surface area contributed by atoms with Crippen molar-refractivity contribution in [3.05, 3.63) is 12.4 Å². The Bertz CT molecular complexity index is 399. The van der Waals surface area contributed by atoms with Crippen LogP contribution in [0.4, 0.5) is 11.6 Å². The summed E-state index contributed by atoms with van der Waals surface area (Å²) in [5, 5.41) is 3.29. The fraction of sp³-hybridized carbons (Fsp3) is 0.714. The molecule has 1 saturated heterocycles. The molecule has 2 rings (SSSR count). The van der Waals surface area contributed by atoms with Crippen LogP contribution in [0.2, 0.25) is 0 Å². The van der Waals surface area contributed by atoms with Crippen LogP contribution in [0.3, 0.4) is 0 Å². The number of morpholine rings is 1. The van der Waals surface area contributed by atoms with Gasteiger partial charge in [0.15, 0.2) is 0 Å². The van der Waals surface area contributed by atoms with Crippen molar-refractivity contribution >= 4 is 11.6 Å². The van der Waals surface area contributed by atoms with Gasteiger partial charge in [-0.2, -0.15) is 0 Å². The minimum atomic E-state index is 0.247. The molecule has 1 aromatic rings. The zero-order chi connectivity index (χ0) is 13.7. The average Bonchev–Trinajstić information content (AvgIpc) is 2.45. The summed E-state index contributed by atoms with van der Waals surface area (Å²) in [6.45, 7) is 9.00. The minimum absolute atomic E-state index is 0.247. The summed E-state index contributed by atoms with van der Waals surface area (Å²) in [5.41, 5.74) is 0. The molecule has 0 amide bonds. The molecular weight excluding hydrogens is 240 g/mol. The molecule has 0 spiro atoms. The molecule has 2 unspecified atom stereocenters. The molecule has 0 bridgehead atoms. The molecule has 1 N–H and O–H groups in total. The first-order valence-electron chi connectivity index (χ1n) is 7.18. The number of hydrogen-bond acceptors (Lipinski definition) is 5. The van der Waals surface area contributed by atoms with E-state index in [-0.39, 0.29) is 6.10 Å². The number of anilines is 2. The van der Waals surface area contributed by atoms with Crippen molar-refractivity contribution in [3.8, 4) is 0 Å². The van der Waals surface area contributed by atoms with Crippen molar-refractivity contribution in [2.24, 2.45) is 0 Å². The predicted molar refractivity (Wildman–Crippen MR) is 77.7 cm³/mol. The molecule has 5 heteroatoms. The zero-order valence-corrected chi connectivity index (χ0v) is 12.1. The summed E-state index contributed by atoms with van der Waals surface area (Å²) in [6, 6.07) is 0.395. The van der Waals surface area contributed by atoms with E-state index in [0.717, 1.165) is 44.2 Å². The van der Waals surface area contributed by atoms with E-state index in [9.17, 15) is 0 Å². The second-order valence-corrected chi connectivity index (χ2v) is 5.05. The van der Waals surface area contributed by atoms with Crippen LogP contribution in [0.15, 0.2) is 12.4 Å². The van der Waals surface area contributed by atoms with Crippen LogP contribution in [0, 0.1) is 0 Å². The third-order valence-corrected chi connectivity index (χ3v) is 3.41. The highest BCUT2D eigenvalue weighted by Gasteiger charge is 2.26. The van der Waals surface area contributed by atoms with Gasteiger partial charge in [-0.25, -0.2) is 4.98 Å². The first kappa shape index (κ1) is 14.1. The topological polar surface area (TPSA) is 50.3 Å². The lowest BCUT2D eigenvalue weighted by Gasteiger charge is -2.39. The highest BCUT2D eigenvalue weighted by Crippen LogP contribution is 2.22. The first-order chi connectivity index (χ1) is 9.24. The summed E-state index contributed by atoms with van der Waals surface area (Å²) in [4.78, 5) is 11.3. The van der Waals surface area contributed by atoms with Crippen LogP contribution < -0.4 is 10.2 Å². The molecule has 0 aromatic carbocycles. The summed E-state index contributed by atoms with van der Waals surface area (Å²) < 4.78 is 5.72. The van der Waals surface area contributed by atoms with Gasteiger partial charge in [-0.1, -0.05) is 13.8 Å². The summed E-state index contributed by atoms with van der Waals surface area (Å²) in [5.74, 6) is 1.80. The Morgan fingerprint density at radius 1 is 1.42 bits per heavy atom. The molecule has 2 heterocycles. The lowest BCUT2D eigenvalue weighted by molar-refractivity contribution is 0.0296. The molecular formula is C14H24N4O. The van der Waals surface area contributed by atoms with Crippen molar-refractivity contribution < 1.29 is 4.74 Å². The minimum Gasteiger partial charge on any atom is -0.375 e. The number of aromatic nitrogens is 2. The van der Waals surface area contributed by atoms with E-state index >= 15 is 0 Å². The van der Waals surface area contributed by atoms with E-state index in [2.05, 4.69) is 41.0 Å². The molecule has 1 fully saturated rings. The van der Waals surface area contributed by atoms with Crippen LogP contribution in [-0.4, -0.2) is 41.8 Å². The maximum Gasteiger partial charge on any atom is 0.149 e. The van der Waals surface area contributed by atoms with Gasteiger partial charge in [0.1, 0.15) is 11.6 Å². The molecule has 19 heavy (non-hydrogen) atoms. The van der Waals surface area contributed by atoms with Gasteiger partial charge in [0, 0.05) is 13.1 Å². The van der Waals surface area contributed by atoms with E-state index in [1.54, 1.807) is 6.20 Å². The number of nitrogens with one attached hydrogen (secondary N) is 1. The van der Waals surface area contributed by atoms with Crippen LogP contribution in [0.1, 0.15) is 33.6 Å². The summed E-state index contributed by atoms with van der Waals surface area (Å²) in [7, 11) is 0. The van der Waals surface area contributed by atoms with Gasteiger partial charge in [0.2, 0.25) is 0 Å². The monoisotopic (exact) mass is 264 g/mol. The van der Waals surface area contributed by atoms with Gasteiger partial charge in [-0.05, 0) is 19.8 Å². The van der Waals surface area contributed by atoms with Gasteiger partial charge < -0.3 is 15.0 Å². The van der Waals surface area contributed by atoms with Crippen molar-refractivity contribution in [1.82, 2.24) is 9.97 Å². The van der Waals surface area contributed by atoms with Crippen LogP contribution in [-0.2, 0) is 4.74 Å². The zero-order valence-electron chi connectivity index (χ0n) is 12.1. The Balaban J connectivity index is 2.13. The second kappa shape index (κ2) is 6.70. The average molecular weight is 264 g/mol. The number of hydrogen-bond donors (Lipinski definition) is 1. The SMILES string of the molecule is CCCNc1cncc(N2CC(C)OCC2CC)n1. The van der Waals surface area contributed by atoms with Gasteiger partial charge in [-0.3, -0.25) is 4.98 Å². The van der Waals surface area contributed by atoms with Crippen molar-refractivity contribution in [2.45, 2.75) is 45.8 Å². The molecule has 1 aromatic heterocycles. The third kappa shape index (κ3) is 3.56. The molecule has 0 aliphatic carbocycles. The maximum absolute atomic E-state index is 5.72. The Morgan fingerprint density at radius 3 is 3.00 bits per heavy atom. The molecule has 1 aliphatic heterocycles. The molecule has 2 atom stereocenters. The number of nitrogens with zero attached hydrogens (tertiary/aromatic N) is 3. The predicted octanol–water partition coefficient (Wildman–Crippen LogP) is 2.30. The van der Waals surface area contributed by atoms with Crippen LogP contribution in [0.5, 0.6) is 0 Å². The first-order valence-corrected chi connectivity index (χ1v) is 7.18. The quantitative estimate of drug-likeness (QED) is 0.884. The Kier molecular flexibility index (Phi) is 4.96. The van der Waals surface area contributed by atoms with Gasteiger partial charge in [0.25, 0.3) is 0 Å². The summed E-state index contributed by atoms with van der Waals surface area (Å²) >= 11 is 0. The van der Waals surface area contributed by atoms with Crippen molar-refractivity contribution in [3.63, 3.8) is 0 Å². The van der Waals surface area contributed by atoms with Gasteiger partial charge in [-0.15, -0.1) is 0 Å². The fourth-order valence-corrected chi connectivity index (χ4v) is 2.30. The lowest BCUT2D eigenvalue weighted by Crippen LogP contribution is -2.49. The molecule has 0 radical (unpaired) electrons. The van der Waals surface area contributed by atoms with Crippen LogP contribution >= 0.6 is 0 Å². The summed E-state index contributed by atoms with van der Waals surface area (Å²) in [6.07, 6.45) is 6.01. The molecule has 1 aliphatic rings. The highest BCUT2D eigenvalue weighted by molar-refractivity contribution is 5.45. The fourth-order valence-electron chi connectivity index (χ4n) is 2.30. The van der Waals surface area contributed by atoms with E-state index in [1.807, 2.05) is 6.20 Å². The van der Waals surface area contributed by atoms with E-state index < -0.39 is 0 Å². The van der Waals surface area contributed by atoms with Gasteiger partial charge >= 0.3 is 0 Å². The Morgan fingerprint density at radius 2 is 2.26 bits per heavy atom. The molecule has 0 saturated carbocycles. The van der Waals surface area contributed by atoms with E-state index in [4.69, 9.17) is 4.74 Å². The van der Waals surface area contributed by atoms with Crippen LogP contribution in [0.25, 0.3) is 0 Å². The van der Waals surface area contributed by atoms with Gasteiger partial charge in [0.05, 0.1) is 31.1 Å². The van der Waals surface area contributed by atoms with E-state index in [0.29, 0.717) is 6.04 Å².